The van der Waals surface area contributed by atoms with E-state index >= 15 is 0 Å². The van der Waals surface area contributed by atoms with Gasteiger partial charge in [-0.3, -0.25) is 19.3 Å². The zero-order valence-electron chi connectivity index (χ0n) is 14.7. The number of esters is 1. The first-order valence-corrected chi connectivity index (χ1v) is 9.00. The molecular formula is C19H19ClN2O5. The molecule has 0 aromatic heterocycles. The number of allylic oxidation sites excluding steroid dienone is 2. The molecule has 0 radical (unpaired) electrons. The molecule has 2 aliphatic rings. The fraction of sp³-hybridized carbons (Fsp3) is 0.368. The zero-order chi connectivity index (χ0) is 19.6. The Hall–Kier alpha value is -2.67. The van der Waals surface area contributed by atoms with E-state index in [1.807, 2.05) is 12.2 Å². The maximum absolute atomic E-state index is 12.5. The minimum Gasteiger partial charge on any atom is -0.454 e. The van der Waals surface area contributed by atoms with Gasteiger partial charge in [0.25, 0.3) is 5.91 Å². The summed E-state index contributed by atoms with van der Waals surface area (Å²) >= 11 is 5.77. The second-order valence-corrected chi connectivity index (χ2v) is 6.98. The Morgan fingerprint density at radius 2 is 1.70 bits per heavy atom. The summed E-state index contributed by atoms with van der Waals surface area (Å²) < 4.78 is 4.99. The van der Waals surface area contributed by atoms with Crippen LogP contribution in [-0.2, 0) is 23.9 Å². The van der Waals surface area contributed by atoms with Crippen molar-refractivity contribution in [1.29, 1.82) is 0 Å². The van der Waals surface area contributed by atoms with E-state index in [2.05, 4.69) is 5.32 Å². The third-order valence-electron chi connectivity index (χ3n) is 4.74. The van der Waals surface area contributed by atoms with E-state index in [4.69, 9.17) is 16.3 Å². The Balaban J connectivity index is 1.54. The Kier molecular flexibility index (Phi) is 5.60. The first kappa shape index (κ1) is 19.1. The number of amides is 3. The van der Waals surface area contributed by atoms with Crippen molar-refractivity contribution in [1.82, 2.24) is 4.90 Å². The van der Waals surface area contributed by atoms with Gasteiger partial charge in [0.05, 0.1) is 11.8 Å². The molecule has 1 aromatic carbocycles. The Bertz CT molecular complexity index is 779. The summed E-state index contributed by atoms with van der Waals surface area (Å²) in [5.74, 6) is -2.87. The molecule has 1 aliphatic carbocycles. The highest BCUT2D eigenvalue weighted by molar-refractivity contribution is 6.30. The van der Waals surface area contributed by atoms with E-state index in [-0.39, 0.29) is 11.8 Å². The Labute approximate surface area is 161 Å². The number of hydrogen-bond acceptors (Lipinski definition) is 5. The molecule has 1 saturated heterocycles. The summed E-state index contributed by atoms with van der Waals surface area (Å²) in [6.45, 7) is 0.913. The number of nitrogens with zero attached hydrogens (tertiary/aromatic N) is 1. The van der Waals surface area contributed by atoms with Gasteiger partial charge in [0, 0.05) is 10.7 Å². The van der Waals surface area contributed by atoms with Crippen molar-refractivity contribution in [3.8, 4) is 0 Å². The number of hydrogen-bond donors (Lipinski definition) is 1. The zero-order valence-corrected chi connectivity index (χ0v) is 15.4. The van der Waals surface area contributed by atoms with Gasteiger partial charge in [-0.15, -0.1) is 0 Å². The molecule has 0 saturated carbocycles. The Morgan fingerprint density at radius 3 is 2.26 bits per heavy atom. The number of carbonyl (C=O) groups excluding carboxylic acids is 4. The summed E-state index contributed by atoms with van der Waals surface area (Å²) in [6, 6.07) is 5.39. The molecule has 1 fully saturated rings. The fourth-order valence-corrected chi connectivity index (χ4v) is 3.43. The Morgan fingerprint density at radius 1 is 1.15 bits per heavy atom. The summed E-state index contributed by atoms with van der Waals surface area (Å²) in [7, 11) is 0. The second kappa shape index (κ2) is 7.92. The predicted octanol–water partition coefficient (Wildman–Crippen LogP) is 2.16. The van der Waals surface area contributed by atoms with Crippen molar-refractivity contribution >= 4 is 41.0 Å². The van der Waals surface area contributed by atoms with E-state index in [0.717, 1.165) is 4.90 Å². The lowest BCUT2D eigenvalue weighted by Gasteiger charge is -2.21. The van der Waals surface area contributed by atoms with Crippen LogP contribution in [0.3, 0.4) is 0 Å². The van der Waals surface area contributed by atoms with E-state index in [1.165, 1.54) is 6.92 Å². The van der Waals surface area contributed by atoms with Crippen LogP contribution >= 0.6 is 11.6 Å². The summed E-state index contributed by atoms with van der Waals surface area (Å²) in [4.78, 5) is 50.1. The molecule has 1 aromatic rings. The normalized spacial score (nSPS) is 22.4. The summed E-state index contributed by atoms with van der Waals surface area (Å²) in [5, 5.41) is 3.09. The van der Waals surface area contributed by atoms with Crippen LogP contribution in [0, 0.1) is 11.8 Å². The molecule has 0 bridgehead atoms. The number of anilines is 1. The van der Waals surface area contributed by atoms with Crippen LogP contribution in [0.2, 0.25) is 5.02 Å². The number of ether oxygens (including phenoxy) is 1. The predicted molar refractivity (Wildman–Crippen MR) is 97.7 cm³/mol. The van der Waals surface area contributed by atoms with Gasteiger partial charge in [0.2, 0.25) is 11.8 Å². The van der Waals surface area contributed by atoms with Crippen LogP contribution in [0.15, 0.2) is 36.4 Å². The lowest BCUT2D eigenvalue weighted by atomic mass is 9.85. The topological polar surface area (TPSA) is 92.8 Å². The quantitative estimate of drug-likeness (QED) is 0.472. The fourth-order valence-electron chi connectivity index (χ4n) is 3.30. The molecule has 1 N–H and O–H groups in total. The molecule has 3 atom stereocenters. The van der Waals surface area contributed by atoms with Crippen LogP contribution in [0.5, 0.6) is 0 Å². The van der Waals surface area contributed by atoms with Crippen LogP contribution in [0.1, 0.15) is 19.8 Å². The van der Waals surface area contributed by atoms with Crippen molar-refractivity contribution in [2.24, 2.45) is 11.8 Å². The first-order chi connectivity index (χ1) is 12.9. The highest BCUT2D eigenvalue weighted by Crippen LogP contribution is 2.36. The largest absolute Gasteiger partial charge is 0.454 e. The lowest BCUT2D eigenvalue weighted by Crippen LogP contribution is -2.45. The first-order valence-electron chi connectivity index (χ1n) is 8.62. The van der Waals surface area contributed by atoms with E-state index in [9.17, 15) is 19.2 Å². The second-order valence-electron chi connectivity index (χ2n) is 6.54. The third-order valence-corrected chi connectivity index (χ3v) is 5.00. The average Bonchev–Trinajstić information content (AvgIpc) is 2.92. The van der Waals surface area contributed by atoms with Gasteiger partial charge in [0.1, 0.15) is 6.04 Å². The molecule has 0 unspecified atom stereocenters. The summed E-state index contributed by atoms with van der Waals surface area (Å²) in [5.41, 5.74) is 0.509. The molecule has 1 aliphatic heterocycles. The van der Waals surface area contributed by atoms with Crippen molar-refractivity contribution in [3.63, 3.8) is 0 Å². The van der Waals surface area contributed by atoms with Gasteiger partial charge in [-0.05, 0) is 44.0 Å². The van der Waals surface area contributed by atoms with Crippen molar-refractivity contribution in [2.75, 3.05) is 11.9 Å². The molecule has 8 heteroatoms. The maximum atomic E-state index is 12.5. The molecular weight excluding hydrogens is 372 g/mol. The molecule has 142 valence electrons. The average molecular weight is 391 g/mol. The third kappa shape index (κ3) is 4.03. The number of carbonyl (C=O) groups is 4. The van der Waals surface area contributed by atoms with Crippen molar-refractivity contribution < 1.29 is 23.9 Å². The van der Waals surface area contributed by atoms with Gasteiger partial charge in [-0.2, -0.15) is 0 Å². The minimum atomic E-state index is -1.07. The molecule has 27 heavy (non-hydrogen) atoms. The van der Waals surface area contributed by atoms with Gasteiger partial charge in [0.15, 0.2) is 6.61 Å². The highest BCUT2D eigenvalue weighted by Gasteiger charge is 2.50. The molecule has 0 spiro atoms. The molecule has 7 nitrogen and oxygen atoms in total. The number of rotatable bonds is 5. The van der Waals surface area contributed by atoms with Gasteiger partial charge < -0.3 is 10.1 Å². The number of halogens is 1. The summed E-state index contributed by atoms with van der Waals surface area (Å²) in [6.07, 6.45) is 4.74. The number of fused-ring (bicyclic) bond motifs is 1. The van der Waals surface area contributed by atoms with Crippen LogP contribution in [-0.4, -0.2) is 41.2 Å². The van der Waals surface area contributed by atoms with E-state index in [0.29, 0.717) is 23.6 Å². The van der Waals surface area contributed by atoms with Gasteiger partial charge >= 0.3 is 5.97 Å². The van der Waals surface area contributed by atoms with E-state index < -0.39 is 36.4 Å². The van der Waals surface area contributed by atoms with Crippen LogP contribution in [0.4, 0.5) is 5.69 Å². The van der Waals surface area contributed by atoms with E-state index in [1.54, 1.807) is 24.3 Å². The smallest absolute Gasteiger partial charge is 0.329 e. The highest BCUT2D eigenvalue weighted by atomic mass is 35.5. The van der Waals surface area contributed by atoms with Crippen molar-refractivity contribution in [2.45, 2.75) is 25.8 Å². The molecule has 3 rings (SSSR count). The van der Waals surface area contributed by atoms with Crippen molar-refractivity contribution in [3.05, 3.63) is 41.4 Å². The number of nitrogens with one attached hydrogen (secondary N) is 1. The monoisotopic (exact) mass is 390 g/mol. The number of imide groups is 1. The van der Waals surface area contributed by atoms with Crippen LogP contribution < -0.4 is 5.32 Å². The van der Waals surface area contributed by atoms with Gasteiger partial charge in [-0.25, -0.2) is 4.79 Å². The number of likely N-dealkylation sites (tertiary alicyclic amines) is 1. The maximum Gasteiger partial charge on any atom is 0.329 e. The molecule has 3 amide bonds. The minimum absolute atomic E-state index is 0.357. The van der Waals surface area contributed by atoms with Gasteiger partial charge in [-0.1, -0.05) is 23.8 Å². The van der Waals surface area contributed by atoms with Crippen LogP contribution in [0.25, 0.3) is 0 Å². The molecule has 1 heterocycles. The SMILES string of the molecule is C[C@@H](C(=O)OCC(=O)Nc1ccc(Cl)cc1)N1C(=O)[C@H]2CC=CC[C@H]2C1=O. The standard InChI is InChI=1S/C19H19ClN2O5/c1-11(22-17(24)14-4-2-3-5-15(14)18(22)25)19(26)27-10-16(23)21-13-8-6-12(20)7-9-13/h2-3,6-9,11,14-15H,4-5,10H2,1H3,(H,21,23)/t11-,14-,15+/m0/s1. The number of benzene rings is 1. The lowest BCUT2D eigenvalue weighted by molar-refractivity contribution is -0.159.